The first kappa shape index (κ1) is 23.7. The number of halogens is 1. The van der Waals surface area contributed by atoms with Crippen LogP contribution in [0.4, 0.5) is 10.1 Å². The highest BCUT2D eigenvalue weighted by Crippen LogP contribution is 2.53. The van der Waals surface area contributed by atoms with Gasteiger partial charge >= 0.3 is 4.87 Å². The van der Waals surface area contributed by atoms with Crippen LogP contribution in [0.2, 0.25) is 0 Å². The number of thiazole rings is 1. The van der Waals surface area contributed by atoms with Crippen LogP contribution in [-0.2, 0) is 16.2 Å². The molecule has 9 heteroatoms. The number of aryl methyl sites for hydroxylation is 1. The summed E-state index contributed by atoms with van der Waals surface area (Å²) in [6, 6.07) is 20.9. The summed E-state index contributed by atoms with van der Waals surface area (Å²) in [6.45, 7) is 2.46. The standard InChI is InChI=1S/C28H21FN2O4S2/c1-15-2-4-16(5-3-15)14-35-20-12-6-17(7-13-20)21-22-24(36-25-23(21)37-28(34)30-25)27(33)31(26(22)32)19-10-8-18(29)9-11-19/h2-13,21-22,24H,14H2,1H3,(H,30,34)/t21-,22-,24+/m0/s1. The Labute approximate surface area is 220 Å². The smallest absolute Gasteiger partial charge is 0.305 e. The second-order valence-corrected chi connectivity index (χ2v) is 11.2. The number of hydrogen-bond donors (Lipinski definition) is 1. The van der Waals surface area contributed by atoms with E-state index in [1.165, 1.54) is 41.6 Å². The lowest BCUT2D eigenvalue weighted by atomic mass is 9.83. The topological polar surface area (TPSA) is 79.5 Å². The van der Waals surface area contributed by atoms with Gasteiger partial charge < -0.3 is 9.72 Å². The number of thioether (sulfide) groups is 1. The molecule has 0 unspecified atom stereocenters. The minimum atomic E-state index is -0.697. The summed E-state index contributed by atoms with van der Waals surface area (Å²) in [6.07, 6.45) is 0. The normalized spacial score (nSPS) is 20.6. The molecule has 3 atom stereocenters. The predicted molar refractivity (Wildman–Crippen MR) is 141 cm³/mol. The summed E-state index contributed by atoms with van der Waals surface area (Å²) >= 11 is 2.28. The molecule has 0 radical (unpaired) electrons. The van der Waals surface area contributed by atoms with Gasteiger partial charge in [-0.3, -0.25) is 14.4 Å². The van der Waals surface area contributed by atoms with Gasteiger partial charge in [-0.15, -0.1) is 0 Å². The molecular formula is C28H21FN2O4S2. The van der Waals surface area contributed by atoms with Crippen molar-refractivity contribution in [2.75, 3.05) is 4.90 Å². The molecule has 0 saturated carbocycles. The molecule has 6 rings (SSSR count). The third kappa shape index (κ3) is 4.28. The van der Waals surface area contributed by atoms with Gasteiger partial charge in [0.2, 0.25) is 11.8 Å². The Morgan fingerprint density at radius 3 is 2.32 bits per heavy atom. The number of H-pyrrole nitrogens is 1. The van der Waals surface area contributed by atoms with Crippen molar-refractivity contribution in [3.05, 3.63) is 110 Å². The number of aromatic amines is 1. The van der Waals surface area contributed by atoms with Gasteiger partial charge in [-0.25, -0.2) is 9.29 Å². The Morgan fingerprint density at radius 1 is 0.919 bits per heavy atom. The predicted octanol–water partition coefficient (Wildman–Crippen LogP) is 5.26. The van der Waals surface area contributed by atoms with E-state index in [4.69, 9.17) is 4.74 Å². The molecule has 6 nitrogen and oxygen atoms in total. The van der Waals surface area contributed by atoms with Gasteiger partial charge in [0, 0.05) is 10.8 Å². The number of anilines is 1. The minimum Gasteiger partial charge on any atom is -0.489 e. The fourth-order valence-electron chi connectivity index (χ4n) is 4.84. The molecule has 1 fully saturated rings. The maximum Gasteiger partial charge on any atom is 0.305 e. The van der Waals surface area contributed by atoms with Crippen LogP contribution in [0.15, 0.2) is 82.6 Å². The molecule has 1 aromatic heterocycles. The number of nitrogens with zero attached hydrogens (tertiary/aromatic N) is 1. The molecular weight excluding hydrogens is 511 g/mol. The number of hydrogen-bond acceptors (Lipinski definition) is 6. The van der Waals surface area contributed by atoms with E-state index in [0.717, 1.165) is 32.2 Å². The maximum absolute atomic E-state index is 13.7. The van der Waals surface area contributed by atoms with Gasteiger partial charge in [0.1, 0.15) is 23.4 Å². The van der Waals surface area contributed by atoms with Gasteiger partial charge in [-0.05, 0) is 54.4 Å². The molecule has 186 valence electrons. The van der Waals surface area contributed by atoms with Crippen LogP contribution in [0.3, 0.4) is 0 Å². The molecule has 0 spiro atoms. The minimum absolute atomic E-state index is 0.226. The van der Waals surface area contributed by atoms with E-state index >= 15 is 0 Å². The van der Waals surface area contributed by atoms with Gasteiger partial charge in [0.15, 0.2) is 0 Å². The van der Waals surface area contributed by atoms with Crippen LogP contribution >= 0.6 is 23.1 Å². The lowest BCUT2D eigenvalue weighted by Gasteiger charge is -2.29. The van der Waals surface area contributed by atoms with Gasteiger partial charge in [0.05, 0.1) is 16.6 Å². The van der Waals surface area contributed by atoms with E-state index in [1.54, 1.807) is 0 Å². The summed E-state index contributed by atoms with van der Waals surface area (Å²) in [4.78, 5) is 43.8. The molecule has 0 aliphatic carbocycles. The van der Waals surface area contributed by atoms with Crippen LogP contribution in [0.5, 0.6) is 5.75 Å². The average Bonchev–Trinajstić information content (AvgIpc) is 3.39. The zero-order valence-corrected chi connectivity index (χ0v) is 21.3. The fourth-order valence-corrected chi connectivity index (χ4v) is 7.36. The summed E-state index contributed by atoms with van der Waals surface area (Å²) < 4.78 is 19.4. The van der Waals surface area contributed by atoms with Crippen molar-refractivity contribution in [2.24, 2.45) is 5.92 Å². The van der Waals surface area contributed by atoms with Crippen molar-refractivity contribution in [3.63, 3.8) is 0 Å². The lowest BCUT2D eigenvalue weighted by molar-refractivity contribution is -0.122. The molecule has 3 aromatic carbocycles. The van der Waals surface area contributed by atoms with Gasteiger partial charge in [-0.2, -0.15) is 0 Å². The summed E-state index contributed by atoms with van der Waals surface area (Å²) in [5, 5.41) is -0.0826. The number of carbonyl (C=O) groups is 2. The van der Waals surface area contributed by atoms with Crippen LogP contribution in [0.25, 0.3) is 0 Å². The molecule has 2 amide bonds. The largest absolute Gasteiger partial charge is 0.489 e. The third-order valence-corrected chi connectivity index (χ3v) is 9.08. The number of imide groups is 1. The number of benzene rings is 3. The van der Waals surface area contributed by atoms with Crippen molar-refractivity contribution in [2.45, 2.75) is 29.7 Å². The van der Waals surface area contributed by atoms with Crippen molar-refractivity contribution in [1.29, 1.82) is 0 Å². The van der Waals surface area contributed by atoms with Crippen molar-refractivity contribution in [3.8, 4) is 5.75 Å². The van der Waals surface area contributed by atoms with E-state index in [0.29, 0.717) is 23.1 Å². The van der Waals surface area contributed by atoms with E-state index < -0.39 is 22.9 Å². The fraction of sp³-hybridized carbons (Fsp3) is 0.179. The number of rotatable bonds is 5. The zero-order valence-electron chi connectivity index (χ0n) is 19.6. The molecule has 1 saturated heterocycles. The van der Waals surface area contributed by atoms with Crippen molar-refractivity contribution < 1.29 is 18.7 Å². The Balaban J connectivity index is 1.32. The SMILES string of the molecule is Cc1ccc(COc2ccc([C@@H]3c4sc(=O)[nH]c4S[C@H]4C(=O)N(c5ccc(F)cc5)C(=O)[C@@H]34)cc2)cc1. The van der Waals surface area contributed by atoms with Crippen LogP contribution < -0.4 is 14.5 Å². The third-order valence-electron chi connectivity index (χ3n) is 6.67. The van der Waals surface area contributed by atoms with Crippen LogP contribution in [0, 0.1) is 18.7 Å². The second-order valence-electron chi connectivity index (χ2n) is 9.08. The Morgan fingerprint density at radius 2 is 1.62 bits per heavy atom. The Hall–Kier alpha value is -3.69. The summed E-state index contributed by atoms with van der Waals surface area (Å²) in [7, 11) is 0. The number of fused-ring (bicyclic) bond motifs is 2. The van der Waals surface area contributed by atoms with E-state index in [9.17, 15) is 18.8 Å². The summed E-state index contributed by atoms with van der Waals surface area (Å²) in [5.74, 6) is -1.66. The Kier molecular flexibility index (Phi) is 5.97. The number of ether oxygens (including phenoxy) is 1. The van der Waals surface area contributed by atoms with Gasteiger partial charge in [0.25, 0.3) is 0 Å². The molecule has 37 heavy (non-hydrogen) atoms. The van der Waals surface area contributed by atoms with Gasteiger partial charge in [-0.1, -0.05) is 65.1 Å². The lowest BCUT2D eigenvalue weighted by Crippen LogP contribution is -2.32. The number of aromatic nitrogens is 1. The number of amides is 2. The molecule has 0 bridgehead atoms. The first-order valence-electron chi connectivity index (χ1n) is 11.7. The van der Waals surface area contributed by atoms with Crippen molar-refractivity contribution >= 4 is 40.6 Å². The Bertz CT molecular complexity index is 1550. The highest BCUT2D eigenvalue weighted by molar-refractivity contribution is 8.00. The van der Waals surface area contributed by atoms with Crippen LogP contribution in [-0.4, -0.2) is 22.0 Å². The first-order chi connectivity index (χ1) is 17.9. The van der Waals surface area contributed by atoms with Crippen molar-refractivity contribution in [1.82, 2.24) is 4.98 Å². The highest BCUT2D eigenvalue weighted by atomic mass is 32.2. The monoisotopic (exact) mass is 532 g/mol. The van der Waals surface area contributed by atoms with Crippen LogP contribution in [0.1, 0.15) is 27.5 Å². The van der Waals surface area contributed by atoms with E-state index in [1.807, 2.05) is 55.5 Å². The van der Waals surface area contributed by atoms with E-state index in [2.05, 4.69) is 4.98 Å². The molecule has 3 heterocycles. The first-order valence-corrected chi connectivity index (χ1v) is 13.4. The second kappa shape index (κ2) is 9.32. The number of nitrogens with one attached hydrogen (secondary N) is 1. The number of carbonyl (C=O) groups excluding carboxylic acids is 2. The highest BCUT2D eigenvalue weighted by Gasteiger charge is 2.56. The molecule has 2 aliphatic rings. The average molecular weight is 533 g/mol. The van der Waals surface area contributed by atoms with E-state index in [-0.39, 0.29) is 16.7 Å². The molecule has 1 N–H and O–H groups in total. The summed E-state index contributed by atoms with van der Waals surface area (Å²) in [5.41, 5.74) is 3.39. The zero-order chi connectivity index (χ0) is 25.7. The quantitative estimate of drug-likeness (QED) is 0.355. The maximum atomic E-state index is 13.7. The molecule has 2 aliphatic heterocycles. The molecule has 4 aromatic rings.